The lowest BCUT2D eigenvalue weighted by atomic mass is 10.3. The molecule has 1 rings (SSSR count). The van der Waals surface area contributed by atoms with Crippen molar-refractivity contribution in [2.45, 2.75) is 0 Å². The molecule has 0 fully saturated rings. The molecule has 0 aromatic heterocycles. The Morgan fingerprint density at radius 1 is 1.29 bits per heavy atom. The molecule has 0 saturated carbocycles. The molecule has 0 atom stereocenters. The third kappa shape index (κ3) is 3.81. The van der Waals surface area contributed by atoms with E-state index in [0.29, 0.717) is 22.4 Å². The molecule has 0 spiro atoms. The minimum Gasteiger partial charge on any atom is -0.486 e. The number of hydrogen-bond donors (Lipinski definition) is 0. The average Bonchev–Trinajstić information content (AvgIpc) is 2.09. The summed E-state index contributed by atoms with van der Waals surface area (Å²) < 4.78 is 6.21. The summed E-state index contributed by atoms with van der Waals surface area (Å²) in [7, 11) is 0. The van der Waals surface area contributed by atoms with Crippen molar-refractivity contribution in [1.82, 2.24) is 0 Å². The monoisotopic (exact) mass is 358 g/mol. The summed E-state index contributed by atoms with van der Waals surface area (Å²) in [6.07, 6.45) is 1.81. The molecular weight excluding hydrogens is 355 g/mol. The SMILES string of the molecule is Clc1cccc(Cl)c1OCC=C(Br)Br. The predicted molar refractivity (Wildman–Crippen MR) is 67.9 cm³/mol. The van der Waals surface area contributed by atoms with Crippen LogP contribution in [0.1, 0.15) is 0 Å². The highest BCUT2D eigenvalue weighted by Gasteiger charge is 2.04. The van der Waals surface area contributed by atoms with E-state index in [1.165, 1.54) is 0 Å². The molecule has 0 radical (unpaired) electrons. The van der Waals surface area contributed by atoms with E-state index in [2.05, 4.69) is 31.9 Å². The Balaban J connectivity index is 2.71. The van der Waals surface area contributed by atoms with Crippen LogP contribution >= 0.6 is 55.1 Å². The van der Waals surface area contributed by atoms with Gasteiger partial charge in [-0.3, -0.25) is 0 Å². The number of benzene rings is 1. The van der Waals surface area contributed by atoms with Crippen LogP contribution < -0.4 is 4.74 Å². The summed E-state index contributed by atoms with van der Waals surface area (Å²) in [6.45, 7) is 0.398. The van der Waals surface area contributed by atoms with Gasteiger partial charge in [0, 0.05) is 0 Å². The Hall–Kier alpha value is 0.300. The zero-order valence-electron chi connectivity index (χ0n) is 6.94. The number of ether oxygens (including phenoxy) is 1. The first-order valence-electron chi connectivity index (χ1n) is 3.69. The van der Waals surface area contributed by atoms with Crippen molar-refractivity contribution >= 4 is 55.1 Å². The zero-order valence-corrected chi connectivity index (χ0v) is 11.6. The van der Waals surface area contributed by atoms with Crippen LogP contribution in [0.2, 0.25) is 10.0 Å². The average molecular weight is 361 g/mol. The number of hydrogen-bond acceptors (Lipinski definition) is 1. The highest BCUT2D eigenvalue weighted by atomic mass is 79.9. The van der Waals surface area contributed by atoms with Gasteiger partial charge >= 0.3 is 0 Å². The van der Waals surface area contributed by atoms with E-state index in [4.69, 9.17) is 27.9 Å². The Kier molecular flexibility index (Phi) is 5.31. The van der Waals surface area contributed by atoms with Gasteiger partial charge < -0.3 is 4.74 Å². The molecule has 76 valence electrons. The lowest BCUT2D eigenvalue weighted by Crippen LogP contribution is -1.94. The van der Waals surface area contributed by atoms with Gasteiger partial charge in [0.1, 0.15) is 6.61 Å². The molecule has 0 aliphatic rings. The van der Waals surface area contributed by atoms with Gasteiger partial charge in [-0.15, -0.1) is 0 Å². The van der Waals surface area contributed by atoms with Crippen molar-refractivity contribution in [3.63, 3.8) is 0 Å². The topological polar surface area (TPSA) is 9.23 Å². The molecule has 1 nitrogen and oxygen atoms in total. The summed E-state index contributed by atoms with van der Waals surface area (Å²) in [5.74, 6) is 0.508. The Morgan fingerprint density at radius 3 is 2.36 bits per heavy atom. The highest BCUT2D eigenvalue weighted by molar-refractivity contribution is 9.28. The molecule has 5 heteroatoms. The molecule has 0 saturated heterocycles. The third-order valence-electron chi connectivity index (χ3n) is 1.38. The molecule has 1 aromatic carbocycles. The van der Waals surface area contributed by atoms with Gasteiger partial charge in [-0.1, -0.05) is 29.3 Å². The quantitative estimate of drug-likeness (QED) is 0.736. The molecule has 14 heavy (non-hydrogen) atoms. The van der Waals surface area contributed by atoms with Crippen molar-refractivity contribution < 1.29 is 4.74 Å². The van der Waals surface area contributed by atoms with Crippen molar-refractivity contribution in [1.29, 1.82) is 0 Å². The molecule has 0 aliphatic carbocycles. The molecule has 1 aromatic rings. The van der Waals surface area contributed by atoms with Gasteiger partial charge in [-0.05, 0) is 50.1 Å². The fourth-order valence-electron chi connectivity index (χ4n) is 0.808. The van der Waals surface area contributed by atoms with Gasteiger partial charge in [-0.2, -0.15) is 0 Å². The molecule has 0 N–H and O–H groups in total. The molecule has 0 bridgehead atoms. The molecular formula is C9H6Br2Cl2O. The van der Waals surface area contributed by atoms with Gasteiger partial charge in [0.25, 0.3) is 0 Å². The minimum absolute atomic E-state index is 0.398. The van der Waals surface area contributed by atoms with Gasteiger partial charge in [0.15, 0.2) is 5.75 Å². The minimum atomic E-state index is 0.398. The molecule has 0 aliphatic heterocycles. The van der Waals surface area contributed by atoms with E-state index < -0.39 is 0 Å². The fourth-order valence-corrected chi connectivity index (χ4v) is 1.58. The van der Waals surface area contributed by atoms with Crippen molar-refractivity contribution in [2.75, 3.05) is 6.61 Å². The fraction of sp³-hybridized carbons (Fsp3) is 0.111. The normalized spacial score (nSPS) is 9.71. The number of para-hydroxylation sites is 1. The van der Waals surface area contributed by atoms with E-state index in [0.717, 1.165) is 3.39 Å². The van der Waals surface area contributed by atoms with Crippen LogP contribution in [0.3, 0.4) is 0 Å². The maximum atomic E-state index is 5.89. The van der Waals surface area contributed by atoms with Gasteiger partial charge in [0.05, 0.1) is 13.4 Å². The summed E-state index contributed by atoms with van der Waals surface area (Å²) in [5.41, 5.74) is 0. The molecule has 0 heterocycles. The maximum Gasteiger partial charge on any atom is 0.156 e. The van der Waals surface area contributed by atoms with Crippen LogP contribution in [0.25, 0.3) is 0 Å². The van der Waals surface area contributed by atoms with Crippen LogP contribution in [0.15, 0.2) is 27.7 Å². The summed E-state index contributed by atoms with van der Waals surface area (Å²) in [5, 5.41) is 1.02. The highest BCUT2D eigenvalue weighted by Crippen LogP contribution is 2.32. The van der Waals surface area contributed by atoms with Crippen molar-refractivity contribution in [3.05, 3.63) is 37.7 Å². The summed E-state index contributed by atoms with van der Waals surface area (Å²) >= 11 is 18.2. The lowest BCUT2D eigenvalue weighted by Gasteiger charge is -2.06. The zero-order chi connectivity index (χ0) is 10.6. The van der Waals surface area contributed by atoms with E-state index >= 15 is 0 Å². The Labute approximate surface area is 109 Å². The molecule has 0 amide bonds. The number of halogens is 4. The van der Waals surface area contributed by atoms with E-state index in [1.807, 2.05) is 0 Å². The maximum absolute atomic E-state index is 5.89. The summed E-state index contributed by atoms with van der Waals surface area (Å²) in [4.78, 5) is 0. The Morgan fingerprint density at radius 2 is 1.86 bits per heavy atom. The summed E-state index contributed by atoms with van der Waals surface area (Å²) in [6, 6.07) is 5.24. The van der Waals surface area contributed by atoms with E-state index in [1.54, 1.807) is 24.3 Å². The lowest BCUT2D eigenvalue weighted by molar-refractivity contribution is 0.363. The Bertz CT molecular complexity index is 328. The van der Waals surface area contributed by atoms with E-state index in [9.17, 15) is 0 Å². The van der Waals surface area contributed by atoms with Crippen LogP contribution in [0.5, 0.6) is 5.75 Å². The van der Waals surface area contributed by atoms with E-state index in [-0.39, 0.29) is 0 Å². The van der Waals surface area contributed by atoms with Gasteiger partial charge in [-0.25, -0.2) is 0 Å². The van der Waals surface area contributed by atoms with Gasteiger partial charge in [0.2, 0.25) is 0 Å². The van der Waals surface area contributed by atoms with Crippen LogP contribution in [-0.4, -0.2) is 6.61 Å². The number of rotatable bonds is 3. The predicted octanol–water partition coefficient (Wildman–Crippen LogP) is 5.00. The van der Waals surface area contributed by atoms with Crippen molar-refractivity contribution in [3.8, 4) is 5.75 Å². The molecule has 0 unspecified atom stereocenters. The standard InChI is InChI=1S/C9H6Br2Cl2O/c10-8(11)4-5-14-9-6(12)2-1-3-7(9)13/h1-4H,5H2. The van der Waals surface area contributed by atoms with Crippen molar-refractivity contribution in [2.24, 2.45) is 0 Å². The first-order valence-corrected chi connectivity index (χ1v) is 6.03. The van der Waals surface area contributed by atoms with Crippen LogP contribution in [-0.2, 0) is 0 Å². The van der Waals surface area contributed by atoms with Crippen LogP contribution in [0, 0.1) is 0 Å². The second-order valence-electron chi connectivity index (χ2n) is 2.36. The second kappa shape index (κ2) is 6.01. The largest absolute Gasteiger partial charge is 0.486 e. The van der Waals surface area contributed by atoms with Crippen LogP contribution in [0.4, 0.5) is 0 Å². The smallest absolute Gasteiger partial charge is 0.156 e. The third-order valence-corrected chi connectivity index (χ3v) is 2.63. The second-order valence-corrected chi connectivity index (χ2v) is 5.94. The first-order chi connectivity index (χ1) is 6.61. The first kappa shape index (κ1) is 12.4.